The molecule has 1 N–H and O–H groups in total. The van der Waals surface area contributed by atoms with Gasteiger partial charge in [0.25, 0.3) is 0 Å². The fourth-order valence-corrected chi connectivity index (χ4v) is 1.42. The van der Waals surface area contributed by atoms with E-state index in [9.17, 15) is 17.6 Å². The van der Waals surface area contributed by atoms with Crippen LogP contribution in [-0.2, 0) is 12.5 Å². The summed E-state index contributed by atoms with van der Waals surface area (Å²) in [7, 11) is 0. The van der Waals surface area contributed by atoms with Crippen molar-refractivity contribution in [2.45, 2.75) is 38.7 Å². The molecule has 0 aliphatic rings. The predicted molar refractivity (Wildman–Crippen MR) is 52.2 cm³/mol. The molecule has 1 aromatic rings. The fraction of sp³-hybridized carbons (Fsp3) is 0.750. The predicted octanol–water partition coefficient (Wildman–Crippen LogP) is 3.10. The molecule has 0 radical (unpaired) electrons. The van der Waals surface area contributed by atoms with Crippen molar-refractivity contribution >= 4 is 12.2 Å². The normalized spacial score (nSPS) is 12.4. The monoisotopic (exact) mass is 257 g/mol. The maximum Gasteiger partial charge on any atom is 0.365 e. The number of alkyl halides is 4. The van der Waals surface area contributed by atoms with Crippen LogP contribution in [0.25, 0.3) is 0 Å². The zero-order valence-electron chi connectivity index (χ0n) is 8.51. The molecule has 0 aliphatic heterocycles. The molecule has 0 aromatic carbocycles. The first-order valence-corrected chi connectivity index (χ1v) is 5.13. The van der Waals surface area contributed by atoms with Gasteiger partial charge >= 0.3 is 12.3 Å². The zero-order valence-corrected chi connectivity index (χ0v) is 9.33. The van der Waals surface area contributed by atoms with Gasteiger partial charge in [-0.3, -0.25) is 9.67 Å². The van der Waals surface area contributed by atoms with Gasteiger partial charge in [0.15, 0.2) is 4.77 Å². The molecule has 1 aromatic heterocycles. The summed E-state index contributed by atoms with van der Waals surface area (Å²) in [6.45, 7) is 2.01. The molecule has 0 saturated heterocycles. The number of H-pyrrole nitrogens is 1. The van der Waals surface area contributed by atoms with Crippen LogP contribution >= 0.6 is 12.2 Å². The minimum Gasteiger partial charge on any atom is -0.299 e. The number of aromatic amines is 1. The average molecular weight is 257 g/mol. The summed E-state index contributed by atoms with van der Waals surface area (Å²) < 4.78 is 51.3. The van der Waals surface area contributed by atoms with Crippen LogP contribution in [0.3, 0.4) is 0 Å². The lowest BCUT2D eigenvalue weighted by atomic mass is 10.3. The van der Waals surface area contributed by atoms with E-state index in [1.807, 2.05) is 6.92 Å². The van der Waals surface area contributed by atoms with Gasteiger partial charge in [0, 0.05) is 6.54 Å². The van der Waals surface area contributed by atoms with Crippen LogP contribution in [0.4, 0.5) is 17.6 Å². The number of unbranched alkanes of at least 4 members (excludes halogenated alkanes) is 1. The maximum atomic E-state index is 13.1. The molecular weight excluding hydrogens is 246 g/mol. The lowest BCUT2D eigenvalue weighted by Gasteiger charge is -2.15. The highest BCUT2D eigenvalue weighted by Gasteiger charge is 2.47. The van der Waals surface area contributed by atoms with Gasteiger partial charge in [0.2, 0.25) is 5.82 Å². The van der Waals surface area contributed by atoms with Crippen LogP contribution in [0.2, 0.25) is 0 Å². The number of hydrogen-bond donors (Lipinski definition) is 1. The van der Waals surface area contributed by atoms with Crippen LogP contribution < -0.4 is 0 Å². The lowest BCUT2D eigenvalue weighted by Crippen LogP contribution is -2.28. The lowest BCUT2D eigenvalue weighted by molar-refractivity contribution is -0.143. The second-order valence-corrected chi connectivity index (χ2v) is 3.67. The Labute approximate surface area is 94.5 Å². The summed E-state index contributed by atoms with van der Waals surface area (Å²) in [5.74, 6) is -5.28. The van der Waals surface area contributed by atoms with Crippen molar-refractivity contribution in [3.05, 3.63) is 10.6 Å². The van der Waals surface area contributed by atoms with Gasteiger partial charge in [-0.1, -0.05) is 13.3 Å². The molecule has 16 heavy (non-hydrogen) atoms. The Morgan fingerprint density at radius 2 is 2.12 bits per heavy atom. The van der Waals surface area contributed by atoms with E-state index in [2.05, 4.69) is 10.2 Å². The maximum absolute atomic E-state index is 13.1. The molecule has 0 amide bonds. The van der Waals surface area contributed by atoms with Crippen molar-refractivity contribution in [1.82, 2.24) is 14.8 Å². The topological polar surface area (TPSA) is 33.6 Å². The third-order valence-corrected chi connectivity index (χ3v) is 2.38. The largest absolute Gasteiger partial charge is 0.365 e. The van der Waals surface area contributed by atoms with E-state index in [0.29, 0.717) is 6.42 Å². The molecular formula is C8H11F4N3S. The Bertz CT molecular complexity index is 398. The number of aromatic nitrogens is 3. The second-order valence-electron chi connectivity index (χ2n) is 3.28. The van der Waals surface area contributed by atoms with E-state index in [0.717, 1.165) is 11.0 Å². The quantitative estimate of drug-likeness (QED) is 0.649. The highest BCUT2D eigenvalue weighted by Crippen LogP contribution is 2.33. The van der Waals surface area contributed by atoms with E-state index >= 15 is 0 Å². The van der Waals surface area contributed by atoms with Gasteiger partial charge in [-0.05, 0) is 18.6 Å². The Morgan fingerprint density at radius 3 is 2.62 bits per heavy atom. The van der Waals surface area contributed by atoms with E-state index in [1.165, 1.54) is 0 Å². The first-order valence-electron chi connectivity index (χ1n) is 4.72. The highest BCUT2D eigenvalue weighted by molar-refractivity contribution is 7.71. The number of nitrogens with zero attached hydrogens (tertiary/aromatic N) is 2. The van der Waals surface area contributed by atoms with Crippen molar-refractivity contribution in [2.75, 3.05) is 0 Å². The first kappa shape index (κ1) is 13.1. The van der Waals surface area contributed by atoms with Crippen molar-refractivity contribution in [3.63, 3.8) is 0 Å². The fourth-order valence-electron chi connectivity index (χ4n) is 1.19. The number of halogens is 4. The summed E-state index contributed by atoms with van der Waals surface area (Å²) in [6.07, 6.45) is -2.48. The number of nitrogens with one attached hydrogen (secondary N) is 1. The van der Waals surface area contributed by atoms with Crippen LogP contribution in [0.1, 0.15) is 25.6 Å². The van der Waals surface area contributed by atoms with Crippen LogP contribution in [0, 0.1) is 4.77 Å². The smallest absolute Gasteiger partial charge is 0.299 e. The van der Waals surface area contributed by atoms with Crippen LogP contribution in [-0.4, -0.2) is 21.2 Å². The number of hydrogen-bond acceptors (Lipinski definition) is 2. The minimum absolute atomic E-state index is 0.0659. The molecule has 92 valence electrons. The Hall–Kier alpha value is -0.920. The third kappa shape index (κ3) is 2.42. The molecule has 0 atom stereocenters. The molecule has 3 nitrogen and oxygen atoms in total. The number of rotatable bonds is 5. The van der Waals surface area contributed by atoms with Crippen molar-refractivity contribution in [3.8, 4) is 0 Å². The molecule has 0 saturated carbocycles. The highest BCUT2D eigenvalue weighted by atomic mass is 32.1. The van der Waals surface area contributed by atoms with Gasteiger partial charge in [-0.25, -0.2) is 8.78 Å². The summed E-state index contributed by atoms with van der Waals surface area (Å²) in [5, 5.41) is 5.29. The Kier molecular flexibility index (Phi) is 4.06. The molecule has 0 fully saturated rings. The Balaban J connectivity index is 3.09. The van der Waals surface area contributed by atoms with E-state index in [-0.39, 0.29) is 11.3 Å². The minimum atomic E-state index is -4.28. The van der Waals surface area contributed by atoms with Crippen LogP contribution in [0.5, 0.6) is 0 Å². The Morgan fingerprint density at radius 1 is 1.50 bits per heavy atom. The third-order valence-electron chi connectivity index (χ3n) is 2.07. The van der Waals surface area contributed by atoms with Crippen molar-refractivity contribution in [1.29, 1.82) is 0 Å². The SMILES string of the molecule is CCCCn1c(C(F)(F)C(F)F)n[nH]c1=S. The molecule has 8 heteroatoms. The summed E-state index contributed by atoms with van der Waals surface area (Å²) >= 11 is 4.71. The zero-order chi connectivity index (χ0) is 12.3. The second kappa shape index (κ2) is 4.94. The van der Waals surface area contributed by atoms with E-state index < -0.39 is 18.2 Å². The molecule has 1 heterocycles. The van der Waals surface area contributed by atoms with Gasteiger partial charge < -0.3 is 0 Å². The van der Waals surface area contributed by atoms with Crippen LogP contribution in [0.15, 0.2) is 0 Å². The van der Waals surface area contributed by atoms with E-state index in [1.54, 1.807) is 0 Å². The summed E-state index contributed by atoms with van der Waals surface area (Å²) in [4.78, 5) is 0. The van der Waals surface area contributed by atoms with Gasteiger partial charge in [-0.15, -0.1) is 0 Å². The first-order chi connectivity index (χ1) is 7.41. The van der Waals surface area contributed by atoms with E-state index in [4.69, 9.17) is 12.2 Å². The van der Waals surface area contributed by atoms with Gasteiger partial charge in [0.05, 0.1) is 0 Å². The molecule has 0 spiro atoms. The van der Waals surface area contributed by atoms with Gasteiger partial charge in [0.1, 0.15) is 0 Å². The molecule has 1 rings (SSSR count). The molecule has 0 aliphatic carbocycles. The van der Waals surface area contributed by atoms with Crippen molar-refractivity contribution in [2.24, 2.45) is 0 Å². The molecule has 0 unspecified atom stereocenters. The average Bonchev–Trinajstić information content (AvgIpc) is 2.57. The van der Waals surface area contributed by atoms with Crippen molar-refractivity contribution < 1.29 is 17.6 Å². The standard InChI is InChI=1S/C8H11F4N3S/c1-2-3-4-15-6(13-14-7(15)16)8(11,12)5(9)10/h5H,2-4H2,1H3,(H,14,16). The molecule has 0 bridgehead atoms. The summed E-state index contributed by atoms with van der Waals surface area (Å²) in [5.41, 5.74) is 0. The summed E-state index contributed by atoms with van der Waals surface area (Å²) in [6, 6.07) is 0. The van der Waals surface area contributed by atoms with Gasteiger partial charge in [-0.2, -0.15) is 13.9 Å².